The Labute approximate surface area is 146 Å². The first-order valence-corrected chi connectivity index (χ1v) is 7.77. The van der Waals surface area contributed by atoms with Gasteiger partial charge in [-0.25, -0.2) is 4.79 Å². The van der Waals surface area contributed by atoms with Gasteiger partial charge in [-0.05, 0) is 42.3 Å². The third-order valence-electron chi connectivity index (χ3n) is 3.97. The zero-order chi connectivity index (χ0) is 18.4. The summed E-state index contributed by atoms with van der Waals surface area (Å²) in [6.07, 6.45) is 0. The summed E-state index contributed by atoms with van der Waals surface area (Å²) < 4.78 is 10.2. The van der Waals surface area contributed by atoms with Crippen LogP contribution in [0.3, 0.4) is 0 Å². The van der Waals surface area contributed by atoms with E-state index < -0.39 is 17.9 Å². The summed E-state index contributed by atoms with van der Waals surface area (Å²) in [5, 5.41) is 12.1. The fourth-order valence-corrected chi connectivity index (χ4v) is 2.41. The van der Waals surface area contributed by atoms with Crippen molar-refractivity contribution in [3.8, 4) is 11.5 Å². The van der Waals surface area contributed by atoms with Crippen molar-refractivity contribution in [1.82, 2.24) is 5.32 Å². The van der Waals surface area contributed by atoms with Gasteiger partial charge < -0.3 is 19.9 Å². The fraction of sp³-hybridized carbons (Fsp3) is 0.263. The molecule has 6 nitrogen and oxygen atoms in total. The first-order chi connectivity index (χ1) is 12.0. The fourth-order valence-electron chi connectivity index (χ4n) is 2.41. The van der Waals surface area contributed by atoms with Crippen LogP contribution in [-0.4, -0.2) is 31.2 Å². The minimum absolute atomic E-state index is 0.378. The molecular formula is C19H21NO5. The molecule has 0 bridgehead atoms. The van der Waals surface area contributed by atoms with Gasteiger partial charge in [0.25, 0.3) is 0 Å². The maximum absolute atomic E-state index is 12.5. The average Bonchev–Trinajstić information content (AvgIpc) is 2.65. The Balaban J connectivity index is 2.17. The monoisotopic (exact) mass is 343 g/mol. The molecule has 0 heterocycles. The molecule has 1 amide bonds. The zero-order valence-electron chi connectivity index (χ0n) is 14.4. The highest BCUT2D eigenvalue weighted by Crippen LogP contribution is 2.23. The molecule has 2 rings (SSSR count). The van der Waals surface area contributed by atoms with Crippen molar-refractivity contribution in [2.45, 2.75) is 18.9 Å². The van der Waals surface area contributed by atoms with Gasteiger partial charge in [0.05, 0.1) is 20.1 Å². The van der Waals surface area contributed by atoms with Crippen LogP contribution >= 0.6 is 0 Å². The molecule has 0 aliphatic carbocycles. The number of benzene rings is 2. The Morgan fingerprint density at radius 2 is 1.60 bits per heavy atom. The van der Waals surface area contributed by atoms with E-state index in [1.54, 1.807) is 62.6 Å². The van der Waals surface area contributed by atoms with Gasteiger partial charge in [-0.1, -0.05) is 24.3 Å². The summed E-state index contributed by atoms with van der Waals surface area (Å²) in [7, 11) is 3.08. The molecule has 0 saturated carbocycles. The topological polar surface area (TPSA) is 84.9 Å². The number of hydrogen-bond acceptors (Lipinski definition) is 4. The molecule has 6 heteroatoms. The van der Waals surface area contributed by atoms with Crippen LogP contribution in [0.25, 0.3) is 0 Å². The van der Waals surface area contributed by atoms with Crippen LogP contribution < -0.4 is 14.8 Å². The number of carbonyl (C=O) groups excluding carboxylic acids is 1. The SMILES string of the molecule is COc1ccc(C(NC(=O)C(C)c2cccc(OC)c2)C(=O)O)cc1. The van der Waals surface area contributed by atoms with Gasteiger partial charge in [0, 0.05) is 0 Å². The smallest absolute Gasteiger partial charge is 0.330 e. The molecule has 0 aliphatic heterocycles. The number of hydrogen-bond donors (Lipinski definition) is 2. The van der Waals surface area contributed by atoms with Crippen molar-refractivity contribution in [3.05, 3.63) is 59.7 Å². The number of amides is 1. The Kier molecular flexibility index (Phi) is 6.00. The van der Waals surface area contributed by atoms with Crippen LogP contribution in [0.4, 0.5) is 0 Å². The summed E-state index contributed by atoms with van der Waals surface area (Å²) in [5.74, 6) is -0.769. The lowest BCUT2D eigenvalue weighted by Gasteiger charge is -2.19. The third-order valence-corrected chi connectivity index (χ3v) is 3.97. The van der Waals surface area contributed by atoms with Crippen molar-refractivity contribution in [3.63, 3.8) is 0 Å². The highest BCUT2D eigenvalue weighted by molar-refractivity contribution is 5.88. The molecule has 0 saturated heterocycles. The number of carboxylic acids is 1. The summed E-state index contributed by atoms with van der Waals surface area (Å²) in [5.41, 5.74) is 1.22. The molecule has 2 N–H and O–H groups in total. The van der Waals surface area contributed by atoms with Crippen LogP contribution in [0.15, 0.2) is 48.5 Å². The predicted molar refractivity (Wildman–Crippen MR) is 92.9 cm³/mol. The minimum Gasteiger partial charge on any atom is -0.497 e. The normalized spacial score (nSPS) is 12.8. The highest BCUT2D eigenvalue weighted by Gasteiger charge is 2.25. The van der Waals surface area contributed by atoms with E-state index in [-0.39, 0.29) is 5.91 Å². The molecule has 0 aliphatic rings. The van der Waals surface area contributed by atoms with Crippen molar-refractivity contribution >= 4 is 11.9 Å². The summed E-state index contributed by atoms with van der Waals surface area (Å²) >= 11 is 0. The molecule has 0 aromatic heterocycles. The van der Waals surface area contributed by atoms with Gasteiger partial charge in [0.2, 0.25) is 5.91 Å². The number of rotatable bonds is 7. The molecule has 2 atom stereocenters. The number of carbonyl (C=O) groups is 2. The maximum atomic E-state index is 12.5. The molecule has 0 fully saturated rings. The molecule has 2 unspecified atom stereocenters. The third kappa shape index (κ3) is 4.50. The van der Waals surface area contributed by atoms with Crippen LogP contribution in [0.1, 0.15) is 30.0 Å². The molecule has 2 aromatic rings. The quantitative estimate of drug-likeness (QED) is 0.807. The summed E-state index contributed by atoms with van der Waals surface area (Å²) in [6.45, 7) is 1.72. The van der Waals surface area contributed by atoms with Crippen LogP contribution in [-0.2, 0) is 9.59 Å². The number of aliphatic carboxylic acids is 1. The summed E-state index contributed by atoms with van der Waals surface area (Å²) in [4.78, 5) is 24.1. The number of carboxylic acid groups (broad SMARTS) is 1. The predicted octanol–water partition coefficient (Wildman–Crippen LogP) is 2.75. The van der Waals surface area contributed by atoms with Crippen LogP contribution in [0, 0.1) is 0 Å². The van der Waals surface area contributed by atoms with E-state index in [1.165, 1.54) is 7.11 Å². The van der Waals surface area contributed by atoms with Crippen molar-refractivity contribution < 1.29 is 24.2 Å². The second-order valence-electron chi connectivity index (χ2n) is 5.55. The maximum Gasteiger partial charge on any atom is 0.330 e. The second kappa shape index (κ2) is 8.19. The van der Waals surface area contributed by atoms with E-state index in [2.05, 4.69) is 5.32 Å². The minimum atomic E-state index is -1.13. The first-order valence-electron chi connectivity index (χ1n) is 7.77. The Bertz CT molecular complexity index is 742. The Morgan fingerprint density at radius 1 is 0.960 bits per heavy atom. The van der Waals surface area contributed by atoms with Crippen molar-refractivity contribution in [2.75, 3.05) is 14.2 Å². The first kappa shape index (κ1) is 18.3. The number of ether oxygens (including phenoxy) is 2. The largest absolute Gasteiger partial charge is 0.497 e. The molecule has 2 aromatic carbocycles. The van der Waals surface area contributed by atoms with E-state index in [0.29, 0.717) is 17.1 Å². The molecule has 0 spiro atoms. The van der Waals surface area contributed by atoms with Gasteiger partial charge >= 0.3 is 5.97 Å². The molecule has 0 radical (unpaired) electrons. The van der Waals surface area contributed by atoms with E-state index in [4.69, 9.17) is 9.47 Å². The van der Waals surface area contributed by atoms with Gasteiger partial charge in [0.1, 0.15) is 11.5 Å². The molecule has 132 valence electrons. The van der Waals surface area contributed by atoms with E-state index in [0.717, 1.165) is 5.56 Å². The van der Waals surface area contributed by atoms with Gasteiger partial charge in [-0.2, -0.15) is 0 Å². The molecular weight excluding hydrogens is 322 g/mol. The van der Waals surface area contributed by atoms with Gasteiger partial charge in [0.15, 0.2) is 6.04 Å². The van der Waals surface area contributed by atoms with Gasteiger partial charge in [-0.15, -0.1) is 0 Å². The van der Waals surface area contributed by atoms with E-state index in [1.807, 2.05) is 0 Å². The van der Waals surface area contributed by atoms with E-state index in [9.17, 15) is 14.7 Å². The van der Waals surface area contributed by atoms with Crippen molar-refractivity contribution in [2.24, 2.45) is 0 Å². The standard InChI is InChI=1S/C19H21NO5/c1-12(14-5-4-6-16(11-14)25-3)18(21)20-17(19(22)23)13-7-9-15(24-2)10-8-13/h4-12,17H,1-3H3,(H,20,21)(H,22,23). The zero-order valence-corrected chi connectivity index (χ0v) is 14.4. The van der Waals surface area contributed by atoms with Gasteiger partial charge in [-0.3, -0.25) is 4.79 Å². The Hall–Kier alpha value is -3.02. The van der Waals surface area contributed by atoms with Crippen LogP contribution in [0.2, 0.25) is 0 Å². The van der Waals surface area contributed by atoms with Crippen molar-refractivity contribution in [1.29, 1.82) is 0 Å². The number of nitrogens with one attached hydrogen (secondary N) is 1. The molecule has 25 heavy (non-hydrogen) atoms. The number of methoxy groups -OCH3 is 2. The average molecular weight is 343 g/mol. The Morgan fingerprint density at radius 3 is 2.16 bits per heavy atom. The van der Waals surface area contributed by atoms with Crippen LogP contribution in [0.5, 0.6) is 11.5 Å². The lowest BCUT2D eigenvalue weighted by Crippen LogP contribution is -2.36. The second-order valence-corrected chi connectivity index (χ2v) is 5.55. The lowest BCUT2D eigenvalue weighted by molar-refractivity contribution is -0.142. The van der Waals surface area contributed by atoms with E-state index >= 15 is 0 Å². The highest BCUT2D eigenvalue weighted by atomic mass is 16.5. The summed E-state index contributed by atoms with van der Waals surface area (Å²) in [6, 6.07) is 12.5. The lowest BCUT2D eigenvalue weighted by atomic mass is 9.98.